The molecule has 1 aliphatic rings. The molecule has 0 aliphatic carbocycles. The van der Waals surface area contributed by atoms with Crippen molar-refractivity contribution in [3.63, 3.8) is 0 Å². The maximum atomic E-state index is 4.77. The van der Waals surface area contributed by atoms with Gasteiger partial charge in [-0.1, -0.05) is 6.92 Å². The molecule has 8 heteroatoms. The summed E-state index contributed by atoms with van der Waals surface area (Å²) in [6.07, 6.45) is 4.61. The van der Waals surface area contributed by atoms with Crippen LogP contribution in [0.4, 0.5) is 5.13 Å². The normalized spacial score (nSPS) is 14.4. The predicted octanol–water partition coefficient (Wildman–Crippen LogP) is 3.89. The zero-order valence-corrected chi connectivity index (χ0v) is 19.4. The molecule has 0 atom stereocenters. The fourth-order valence-electron chi connectivity index (χ4n) is 2.87. The third-order valence-corrected chi connectivity index (χ3v) is 6.49. The van der Waals surface area contributed by atoms with Gasteiger partial charge < -0.3 is 15.5 Å². The first kappa shape index (κ1) is 21.4. The lowest BCUT2D eigenvalue weighted by molar-refractivity contribution is 0.789. The minimum atomic E-state index is 0. The topological polar surface area (TPSA) is 52.6 Å². The van der Waals surface area contributed by atoms with Gasteiger partial charge in [0.05, 0.1) is 12.2 Å². The van der Waals surface area contributed by atoms with Crippen LogP contribution in [0.2, 0.25) is 0 Å². The largest absolute Gasteiger partial charge is 0.356 e. The SMILES string of the molecule is CCc1ccc(CNC(=NC)NCCc2csc(N3CCCC3)n2)s1.I. The Hall–Kier alpha value is -0.870. The van der Waals surface area contributed by atoms with Gasteiger partial charge in [-0.25, -0.2) is 4.98 Å². The number of aromatic nitrogens is 1. The van der Waals surface area contributed by atoms with Crippen molar-refractivity contribution in [1.29, 1.82) is 0 Å². The lowest BCUT2D eigenvalue weighted by Gasteiger charge is -2.12. The molecule has 1 fully saturated rings. The Balaban J connectivity index is 0.00000243. The van der Waals surface area contributed by atoms with Crippen molar-refractivity contribution >= 4 is 57.7 Å². The van der Waals surface area contributed by atoms with Gasteiger partial charge in [-0.05, 0) is 31.4 Å². The number of aliphatic imine (C=N–C) groups is 1. The van der Waals surface area contributed by atoms with Crippen molar-refractivity contribution in [3.8, 4) is 0 Å². The summed E-state index contributed by atoms with van der Waals surface area (Å²) in [5.74, 6) is 0.849. The van der Waals surface area contributed by atoms with E-state index in [0.29, 0.717) is 0 Å². The minimum absolute atomic E-state index is 0. The van der Waals surface area contributed by atoms with E-state index in [9.17, 15) is 0 Å². The molecule has 0 aromatic carbocycles. The summed E-state index contributed by atoms with van der Waals surface area (Å²) in [7, 11) is 1.82. The molecular formula is C18H28IN5S2. The van der Waals surface area contributed by atoms with Gasteiger partial charge in [0.1, 0.15) is 0 Å². The predicted molar refractivity (Wildman–Crippen MR) is 125 cm³/mol. The molecule has 26 heavy (non-hydrogen) atoms. The zero-order valence-electron chi connectivity index (χ0n) is 15.5. The van der Waals surface area contributed by atoms with Gasteiger partial charge in [0.2, 0.25) is 0 Å². The van der Waals surface area contributed by atoms with E-state index in [0.717, 1.165) is 45.0 Å². The van der Waals surface area contributed by atoms with Crippen LogP contribution in [0.25, 0.3) is 0 Å². The minimum Gasteiger partial charge on any atom is -0.356 e. The van der Waals surface area contributed by atoms with Crippen molar-refractivity contribution < 1.29 is 0 Å². The summed E-state index contributed by atoms with van der Waals surface area (Å²) in [4.78, 5) is 14.2. The van der Waals surface area contributed by atoms with E-state index >= 15 is 0 Å². The molecular weight excluding hydrogens is 477 g/mol. The number of thiazole rings is 1. The van der Waals surface area contributed by atoms with E-state index in [4.69, 9.17) is 4.98 Å². The Morgan fingerprint density at radius 3 is 2.69 bits per heavy atom. The number of rotatable bonds is 7. The summed E-state index contributed by atoms with van der Waals surface area (Å²) in [5.41, 5.74) is 1.17. The Kier molecular flexibility index (Phi) is 9.13. The number of nitrogens with zero attached hydrogens (tertiary/aromatic N) is 3. The van der Waals surface area contributed by atoms with Gasteiger partial charge in [0.25, 0.3) is 0 Å². The molecule has 1 aliphatic heterocycles. The highest BCUT2D eigenvalue weighted by Crippen LogP contribution is 2.24. The van der Waals surface area contributed by atoms with Crippen molar-refractivity contribution in [1.82, 2.24) is 15.6 Å². The van der Waals surface area contributed by atoms with Gasteiger partial charge in [-0.3, -0.25) is 4.99 Å². The van der Waals surface area contributed by atoms with Gasteiger partial charge in [0, 0.05) is 48.2 Å². The second kappa shape index (κ2) is 11.1. The molecule has 1 saturated heterocycles. The summed E-state index contributed by atoms with van der Waals surface area (Å²) in [6.45, 7) is 6.17. The van der Waals surface area contributed by atoms with Crippen LogP contribution >= 0.6 is 46.7 Å². The highest BCUT2D eigenvalue weighted by atomic mass is 127. The van der Waals surface area contributed by atoms with Crippen LogP contribution in [0.3, 0.4) is 0 Å². The van der Waals surface area contributed by atoms with Crippen LogP contribution in [0.1, 0.15) is 35.2 Å². The lowest BCUT2D eigenvalue weighted by atomic mass is 10.3. The highest BCUT2D eigenvalue weighted by Gasteiger charge is 2.15. The van der Waals surface area contributed by atoms with Crippen molar-refractivity contribution in [2.24, 2.45) is 4.99 Å². The third-order valence-electron chi connectivity index (χ3n) is 4.31. The van der Waals surface area contributed by atoms with E-state index in [-0.39, 0.29) is 24.0 Å². The van der Waals surface area contributed by atoms with Crippen molar-refractivity contribution in [3.05, 3.63) is 33.0 Å². The Morgan fingerprint density at radius 2 is 2.00 bits per heavy atom. The monoisotopic (exact) mass is 505 g/mol. The summed E-state index contributed by atoms with van der Waals surface area (Å²) in [6, 6.07) is 4.40. The number of anilines is 1. The Bertz CT molecular complexity index is 691. The average molecular weight is 505 g/mol. The van der Waals surface area contributed by atoms with E-state index in [1.165, 1.54) is 33.4 Å². The van der Waals surface area contributed by atoms with E-state index in [2.05, 4.69) is 45.0 Å². The smallest absolute Gasteiger partial charge is 0.191 e. The van der Waals surface area contributed by atoms with Gasteiger partial charge in [-0.15, -0.1) is 46.7 Å². The standard InChI is InChI=1S/C18H27N5S2.HI/c1-3-15-6-7-16(25-15)12-21-17(19-2)20-9-8-14-13-24-18(22-14)23-10-4-5-11-23;/h6-7,13H,3-5,8-12H2,1-2H3,(H2,19,20,21);1H. The number of hydrogen-bond donors (Lipinski definition) is 2. The Labute approximate surface area is 181 Å². The number of aryl methyl sites for hydroxylation is 1. The molecule has 2 N–H and O–H groups in total. The first-order valence-electron chi connectivity index (χ1n) is 9.00. The maximum Gasteiger partial charge on any atom is 0.191 e. The molecule has 3 rings (SSSR count). The molecule has 0 saturated carbocycles. The first-order chi connectivity index (χ1) is 12.3. The van der Waals surface area contributed by atoms with Crippen LogP contribution in [-0.4, -0.2) is 37.6 Å². The van der Waals surface area contributed by atoms with Gasteiger partial charge >= 0.3 is 0 Å². The molecule has 2 aromatic rings. The van der Waals surface area contributed by atoms with Gasteiger partial charge in [0.15, 0.2) is 11.1 Å². The highest BCUT2D eigenvalue weighted by molar-refractivity contribution is 14.0. The molecule has 0 radical (unpaired) electrons. The number of nitrogens with one attached hydrogen (secondary N) is 2. The van der Waals surface area contributed by atoms with E-state index in [1.807, 2.05) is 18.4 Å². The van der Waals surface area contributed by atoms with Crippen molar-refractivity contribution in [2.45, 2.75) is 39.2 Å². The molecule has 0 bridgehead atoms. The van der Waals surface area contributed by atoms with E-state index < -0.39 is 0 Å². The first-order valence-corrected chi connectivity index (χ1v) is 10.7. The van der Waals surface area contributed by atoms with E-state index in [1.54, 1.807) is 11.3 Å². The summed E-state index contributed by atoms with van der Waals surface area (Å²) >= 11 is 3.63. The average Bonchev–Trinajstić information content (AvgIpc) is 3.39. The molecule has 3 heterocycles. The molecule has 5 nitrogen and oxygen atoms in total. The second-order valence-corrected chi connectivity index (χ2v) is 8.23. The molecule has 0 unspecified atom stereocenters. The van der Waals surface area contributed by atoms with Crippen LogP contribution < -0.4 is 15.5 Å². The van der Waals surface area contributed by atoms with Crippen LogP contribution in [0.15, 0.2) is 22.5 Å². The third kappa shape index (κ3) is 6.09. The number of guanidine groups is 1. The lowest BCUT2D eigenvalue weighted by Crippen LogP contribution is -2.37. The maximum absolute atomic E-state index is 4.77. The van der Waals surface area contributed by atoms with Gasteiger partial charge in [-0.2, -0.15) is 0 Å². The number of halogens is 1. The molecule has 0 amide bonds. The molecule has 0 spiro atoms. The second-order valence-electron chi connectivity index (χ2n) is 6.14. The zero-order chi connectivity index (χ0) is 17.5. The number of thiophene rings is 1. The Morgan fingerprint density at radius 1 is 1.23 bits per heavy atom. The summed E-state index contributed by atoms with van der Waals surface area (Å²) < 4.78 is 0. The fourth-order valence-corrected chi connectivity index (χ4v) is 4.68. The molecule has 2 aromatic heterocycles. The van der Waals surface area contributed by atoms with Crippen LogP contribution in [0.5, 0.6) is 0 Å². The number of hydrogen-bond acceptors (Lipinski definition) is 5. The van der Waals surface area contributed by atoms with Crippen LogP contribution in [0, 0.1) is 0 Å². The molecule has 144 valence electrons. The summed E-state index contributed by atoms with van der Waals surface area (Å²) in [5, 5.41) is 10.1. The fraction of sp³-hybridized carbons (Fsp3) is 0.556. The van der Waals surface area contributed by atoms with Crippen LogP contribution in [-0.2, 0) is 19.4 Å². The quantitative estimate of drug-likeness (QED) is 0.341. The van der Waals surface area contributed by atoms with Crippen molar-refractivity contribution in [2.75, 3.05) is 31.6 Å².